The maximum absolute atomic E-state index is 11.0. The molecule has 5 nitrogen and oxygen atoms in total. The Bertz CT molecular complexity index is 466. The van der Waals surface area contributed by atoms with Crippen molar-refractivity contribution in [1.29, 1.82) is 0 Å². The summed E-state index contributed by atoms with van der Waals surface area (Å²) in [4.78, 5) is 11.0. The number of carboxylic acids is 1. The van der Waals surface area contributed by atoms with Crippen LogP contribution in [0, 0.1) is 0 Å². The zero-order chi connectivity index (χ0) is 13.8. The highest BCUT2D eigenvalue weighted by atomic mass is 32.2. The van der Waals surface area contributed by atoms with Crippen molar-refractivity contribution in [1.82, 2.24) is 5.32 Å². The molecule has 2 unspecified atom stereocenters. The van der Waals surface area contributed by atoms with E-state index in [0.29, 0.717) is 23.9 Å². The molecule has 1 aromatic rings. The Morgan fingerprint density at radius 1 is 1.58 bits per heavy atom. The van der Waals surface area contributed by atoms with Crippen molar-refractivity contribution < 1.29 is 19.4 Å². The quantitative estimate of drug-likeness (QED) is 0.860. The lowest BCUT2D eigenvalue weighted by Crippen LogP contribution is -2.33. The molecule has 1 aliphatic heterocycles. The largest absolute Gasteiger partial charge is 0.493 e. The van der Waals surface area contributed by atoms with E-state index >= 15 is 0 Å². The highest BCUT2D eigenvalue weighted by Gasteiger charge is 2.32. The van der Waals surface area contributed by atoms with Crippen molar-refractivity contribution in [2.75, 3.05) is 19.5 Å². The van der Waals surface area contributed by atoms with Gasteiger partial charge in [-0.1, -0.05) is 12.1 Å². The first kappa shape index (κ1) is 14.0. The number of aliphatic carboxylic acids is 1. The van der Waals surface area contributed by atoms with Gasteiger partial charge in [-0.25, -0.2) is 0 Å². The van der Waals surface area contributed by atoms with Crippen molar-refractivity contribution in [3.05, 3.63) is 23.8 Å². The van der Waals surface area contributed by atoms with E-state index in [0.717, 1.165) is 5.56 Å². The van der Waals surface area contributed by atoms with Gasteiger partial charge in [0.15, 0.2) is 11.5 Å². The van der Waals surface area contributed by atoms with Crippen LogP contribution in [0.25, 0.3) is 0 Å². The van der Waals surface area contributed by atoms with Crippen LogP contribution in [0.5, 0.6) is 11.5 Å². The predicted octanol–water partition coefficient (Wildman–Crippen LogP) is 1.88. The van der Waals surface area contributed by atoms with Crippen molar-refractivity contribution in [3.63, 3.8) is 0 Å². The molecule has 0 spiro atoms. The van der Waals surface area contributed by atoms with E-state index in [9.17, 15) is 4.79 Å². The summed E-state index contributed by atoms with van der Waals surface area (Å²) in [5.41, 5.74) is 0.926. The van der Waals surface area contributed by atoms with Crippen molar-refractivity contribution in [2.45, 2.75) is 18.3 Å². The van der Waals surface area contributed by atoms with Crippen LogP contribution < -0.4 is 14.8 Å². The lowest BCUT2D eigenvalue weighted by atomic mass is 10.1. The average Bonchev–Trinajstić information content (AvgIpc) is 2.89. The highest BCUT2D eigenvalue weighted by molar-refractivity contribution is 7.99. The van der Waals surface area contributed by atoms with Gasteiger partial charge in [0.1, 0.15) is 6.04 Å². The lowest BCUT2D eigenvalue weighted by molar-refractivity contribution is -0.138. The second kappa shape index (κ2) is 6.16. The van der Waals surface area contributed by atoms with Crippen LogP contribution in [-0.4, -0.2) is 36.6 Å². The molecule has 1 aromatic carbocycles. The van der Waals surface area contributed by atoms with E-state index in [4.69, 9.17) is 14.6 Å². The summed E-state index contributed by atoms with van der Waals surface area (Å²) in [5.74, 6) is 1.07. The summed E-state index contributed by atoms with van der Waals surface area (Å²) in [6.45, 7) is 2.44. The first-order valence-electron chi connectivity index (χ1n) is 6.07. The fourth-order valence-electron chi connectivity index (χ4n) is 1.99. The number of methoxy groups -OCH3 is 1. The topological polar surface area (TPSA) is 67.8 Å². The number of thioether (sulfide) groups is 1. The summed E-state index contributed by atoms with van der Waals surface area (Å²) >= 11 is 1.56. The van der Waals surface area contributed by atoms with E-state index in [-0.39, 0.29) is 5.37 Å². The minimum Gasteiger partial charge on any atom is -0.493 e. The summed E-state index contributed by atoms with van der Waals surface area (Å²) < 4.78 is 10.9. The van der Waals surface area contributed by atoms with Gasteiger partial charge >= 0.3 is 5.97 Å². The summed E-state index contributed by atoms with van der Waals surface area (Å²) in [6, 6.07) is 5.13. The Balaban J connectivity index is 2.27. The number of para-hydroxylation sites is 1. The number of carboxylic acid groups (broad SMARTS) is 1. The van der Waals surface area contributed by atoms with Gasteiger partial charge in [-0.15, -0.1) is 11.8 Å². The number of benzene rings is 1. The number of hydrogen-bond donors (Lipinski definition) is 2. The molecule has 0 aliphatic carbocycles. The second-order valence-electron chi connectivity index (χ2n) is 4.08. The Labute approximate surface area is 116 Å². The molecule has 2 rings (SSSR count). The molecule has 2 atom stereocenters. The highest BCUT2D eigenvalue weighted by Crippen LogP contribution is 2.41. The fraction of sp³-hybridized carbons (Fsp3) is 0.462. The maximum Gasteiger partial charge on any atom is 0.321 e. The molecule has 1 saturated heterocycles. The molecule has 0 amide bonds. The zero-order valence-corrected chi connectivity index (χ0v) is 11.7. The molecule has 1 heterocycles. The monoisotopic (exact) mass is 283 g/mol. The first-order chi connectivity index (χ1) is 9.17. The van der Waals surface area contributed by atoms with Crippen LogP contribution in [0.2, 0.25) is 0 Å². The molecule has 104 valence electrons. The lowest BCUT2D eigenvalue weighted by Gasteiger charge is -2.18. The first-order valence-corrected chi connectivity index (χ1v) is 7.12. The second-order valence-corrected chi connectivity index (χ2v) is 5.22. The van der Waals surface area contributed by atoms with Crippen LogP contribution in [-0.2, 0) is 4.79 Å². The van der Waals surface area contributed by atoms with Crippen LogP contribution >= 0.6 is 11.8 Å². The van der Waals surface area contributed by atoms with Gasteiger partial charge in [-0.3, -0.25) is 10.1 Å². The fourth-order valence-corrected chi connectivity index (χ4v) is 3.24. The van der Waals surface area contributed by atoms with Crippen molar-refractivity contribution >= 4 is 17.7 Å². The smallest absolute Gasteiger partial charge is 0.321 e. The Kier molecular flexibility index (Phi) is 4.55. The molecule has 0 bridgehead atoms. The minimum absolute atomic E-state index is 0.0854. The summed E-state index contributed by atoms with van der Waals surface area (Å²) in [5, 5.41) is 12.0. The molecule has 2 N–H and O–H groups in total. The molecule has 0 aromatic heterocycles. The third-order valence-corrected chi connectivity index (χ3v) is 4.13. The van der Waals surface area contributed by atoms with E-state index < -0.39 is 12.0 Å². The molecule has 1 aliphatic rings. The van der Waals surface area contributed by atoms with Gasteiger partial charge < -0.3 is 14.6 Å². The number of ether oxygens (including phenoxy) is 2. The number of rotatable bonds is 5. The van der Waals surface area contributed by atoms with Crippen molar-refractivity contribution in [3.8, 4) is 11.5 Å². The summed E-state index contributed by atoms with van der Waals surface area (Å²) in [6.07, 6.45) is 0. The normalized spacial score (nSPS) is 22.2. The van der Waals surface area contributed by atoms with Crippen molar-refractivity contribution in [2.24, 2.45) is 0 Å². The maximum atomic E-state index is 11.0. The van der Waals surface area contributed by atoms with Crippen LogP contribution in [0.4, 0.5) is 0 Å². The van der Waals surface area contributed by atoms with Crippen LogP contribution in [0.1, 0.15) is 17.9 Å². The van der Waals surface area contributed by atoms with Crippen LogP contribution in [0.3, 0.4) is 0 Å². The van der Waals surface area contributed by atoms with E-state index in [2.05, 4.69) is 5.32 Å². The molecule has 0 saturated carbocycles. The molecule has 0 radical (unpaired) electrons. The number of nitrogens with one attached hydrogen (secondary N) is 1. The standard InChI is InChI=1S/C13H17NO4S/c1-3-18-11-8(5-4-6-10(11)17-2)12-14-9(7-19-12)13(15)16/h4-6,9,12,14H,3,7H2,1-2H3,(H,15,16). The molecule has 1 fully saturated rings. The average molecular weight is 283 g/mol. The SMILES string of the molecule is CCOc1c(OC)cccc1C1NC(C(=O)O)CS1. The van der Waals surface area contributed by atoms with Gasteiger partial charge in [-0.2, -0.15) is 0 Å². The molecule has 19 heavy (non-hydrogen) atoms. The van der Waals surface area contributed by atoms with Crippen LogP contribution in [0.15, 0.2) is 18.2 Å². The van der Waals surface area contributed by atoms with Gasteiger partial charge in [-0.05, 0) is 13.0 Å². The van der Waals surface area contributed by atoms with Gasteiger partial charge in [0.25, 0.3) is 0 Å². The number of hydrogen-bond acceptors (Lipinski definition) is 5. The Hall–Kier alpha value is -1.40. The van der Waals surface area contributed by atoms with Gasteiger partial charge in [0.2, 0.25) is 0 Å². The van der Waals surface area contributed by atoms with Gasteiger partial charge in [0, 0.05) is 11.3 Å². The molecular formula is C13H17NO4S. The third-order valence-electron chi connectivity index (χ3n) is 2.88. The third kappa shape index (κ3) is 2.96. The summed E-state index contributed by atoms with van der Waals surface area (Å²) in [7, 11) is 1.59. The Morgan fingerprint density at radius 3 is 2.95 bits per heavy atom. The number of carbonyl (C=O) groups is 1. The van der Waals surface area contributed by atoms with Gasteiger partial charge in [0.05, 0.1) is 19.1 Å². The molecular weight excluding hydrogens is 266 g/mol. The Morgan fingerprint density at radius 2 is 2.37 bits per heavy atom. The zero-order valence-electron chi connectivity index (χ0n) is 10.9. The van der Waals surface area contributed by atoms with E-state index in [1.165, 1.54) is 0 Å². The minimum atomic E-state index is -0.823. The molecule has 6 heteroatoms. The van der Waals surface area contributed by atoms with E-state index in [1.54, 1.807) is 18.9 Å². The van der Waals surface area contributed by atoms with E-state index in [1.807, 2.05) is 25.1 Å². The predicted molar refractivity (Wildman–Crippen MR) is 73.9 cm³/mol.